The van der Waals surface area contributed by atoms with Gasteiger partial charge in [0.05, 0.1) is 12.7 Å². The number of rotatable bonds is 4. The number of carbonyl (C=O) groups excluding carboxylic acids is 2. The lowest BCUT2D eigenvalue weighted by molar-refractivity contribution is -0.138. The molecule has 1 aliphatic heterocycles. The van der Waals surface area contributed by atoms with Crippen LogP contribution < -0.4 is 5.32 Å². The van der Waals surface area contributed by atoms with Gasteiger partial charge in [-0.05, 0) is 13.3 Å². The summed E-state index contributed by atoms with van der Waals surface area (Å²) < 4.78 is 5.40. The standard InChI is InChI=1S/C14H26N2O3/c1-11-10-16(8-9-19-11)12(17)6-5-7-15-13(18)14(2,3)4/h11H,5-10H2,1-4H3,(H,15,18). The van der Waals surface area contributed by atoms with Gasteiger partial charge in [0, 0.05) is 31.5 Å². The van der Waals surface area contributed by atoms with Crippen molar-refractivity contribution >= 4 is 11.8 Å². The summed E-state index contributed by atoms with van der Waals surface area (Å²) in [5.41, 5.74) is -0.371. The van der Waals surface area contributed by atoms with Gasteiger partial charge in [0.25, 0.3) is 0 Å². The fourth-order valence-electron chi connectivity index (χ4n) is 1.91. The molecule has 0 aliphatic carbocycles. The third-order valence-corrected chi connectivity index (χ3v) is 3.13. The van der Waals surface area contributed by atoms with E-state index in [1.165, 1.54) is 0 Å². The highest BCUT2D eigenvalue weighted by molar-refractivity contribution is 5.81. The Morgan fingerprint density at radius 2 is 2.05 bits per heavy atom. The first-order valence-corrected chi connectivity index (χ1v) is 6.98. The summed E-state index contributed by atoms with van der Waals surface area (Å²) >= 11 is 0. The van der Waals surface area contributed by atoms with E-state index in [1.807, 2.05) is 32.6 Å². The predicted molar refractivity (Wildman–Crippen MR) is 73.7 cm³/mol. The smallest absolute Gasteiger partial charge is 0.225 e. The molecule has 0 aromatic heterocycles. The van der Waals surface area contributed by atoms with Crippen LogP contribution in [0, 0.1) is 5.41 Å². The van der Waals surface area contributed by atoms with Crippen molar-refractivity contribution in [2.45, 2.75) is 46.6 Å². The van der Waals surface area contributed by atoms with Crippen LogP contribution >= 0.6 is 0 Å². The molecule has 1 saturated heterocycles. The molecule has 1 N–H and O–H groups in total. The zero-order valence-corrected chi connectivity index (χ0v) is 12.5. The largest absolute Gasteiger partial charge is 0.375 e. The number of hydrogen-bond donors (Lipinski definition) is 1. The summed E-state index contributed by atoms with van der Waals surface area (Å²) in [5.74, 6) is 0.181. The average Bonchev–Trinajstić information content (AvgIpc) is 2.32. The zero-order chi connectivity index (χ0) is 14.5. The van der Waals surface area contributed by atoms with Gasteiger partial charge in [-0.3, -0.25) is 9.59 Å². The molecule has 0 aromatic carbocycles. The molecule has 1 rings (SSSR count). The SMILES string of the molecule is CC1CN(C(=O)CCCNC(=O)C(C)(C)C)CCO1. The van der Waals surface area contributed by atoms with E-state index in [4.69, 9.17) is 4.74 Å². The number of nitrogens with zero attached hydrogens (tertiary/aromatic N) is 1. The second kappa shape index (κ2) is 6.89. The normalized spacial score (nSPS) is 20.2. The molecule has 5 nitrogen and oxygen atoms in total. The number of hydrogen-bond acceptors (Lipinski definition) is 3. The number of ether oxygens (including phenoxy) is 1. The van der Waals surface area contributed by atoms with Crippen LogP contribution in [-0.4, -0.2) is 49.1 Å². The molecule has 19 heavy (non-hydrogen) atoms. The number of amides is 2. The number of morpholine rings is 1. The van der Waals surface area contributed by atoms with E-state index in [2.05, 4.69) is 5.32 Å². The third-order valence-electron chi connectivity index (χ3n) is 3.13. The summed E-state index contributed by atoms with van der Waals surface area (Å²) in [4.78, 5) is 25.4. The first-order chi connectivity index (χ1) is 8.80. The minimum atomic E-state index is -0.371. The van der Waals surface area contributed by atoms with Crippen LogP contribution in [0.2, 0.25) is 0 Å². The lowest BCUT2D eigenvalue weighted by atomic mass is 9.96. The van der Waals surface area contributed by atoms with Crippen LogP contribution in [-0.2, 0) is 14.3 Å². The van der Waals surface area contributed by atoms with Crippen molar-refractivity contribution in [3.8, 4) is 0 Å². The lowest BCUT2D eigenvalue weighted by Crippen LogP contribution is -2.44. The molecule has 0 saturated carbocycles. The summed E-state index contributed by atoms with van der Waals surface area (Å²) in [7, 11) is 0. The molecule has 5 heteroatoms. The maximum atomic E-state index is 11.9. The van der Waals surface area contributed by atoms with E-state index in [0.717, 1.165) is 0 Å². The van der Waals surface area contributed by atoms with Gasteiger partial charge in [-0.2, -0.15) is 0 Å². The number of carbonyl (C=O) groups is 2. The van der Waals surface area contributed by atoms with Crippen LogP contribution in [0.1, 0.15) is 40.5 Å². The van der Waals surface area contributed by atoms with Crippen LogP contribution in [0.15, 0.2) is 0 Å². The summed E-state index contributed by atoms with van der Waals surface area (Å²) in [6, 6.07) is 0. The minimum absolute atomic E-state index is 0.0277. The van der Waals surface area contributed by atoms with Crippen molar-refractivity contribution in [1.82, 2.24) is 10.2 Å². The van der Waals surface area contributed by atoms with Crippen molar-refractivity contribution < 1.29 is 14.3 Å². The number of nitrogens with one attached hydrogen (secondary N) is 1. The Balaban J connectivity index is 2.19. The van der Waals surface area contributed by atoms with Crippen LogP contribution in [0.25, 0.3) is 0 Å². The van der Waals surface area contributed by atoms with Gasteiger partial charge in [0.2, 0.25) is 11.8 Å². The maximum Gasteiger partial charge on any atom is 0.225 e. The second-order valence-electron chi connectivity index (χ2n) is 6.13. The zero-order valence-electron chi connectivity index (χ0n) is 12.5. The van der Waals surface area contributed by atoms with Crippen molar-refractivity contribution in [2.24, 2.45) is 5.41 Å². The van der Waals surface area contributed by atoms with Crippen LogP contribution in [0.4, 0.5) is 0 Å². The van der Waals surface area contributed by atoms with E-state index in [-0.39, 0.29) is 23.3 Å². The molecule has 1 unspecified atom stereocenters. The highest BCUT2D eigenvalue weighted by Gasteiger charge is 2.22. The molecule has 110 valence electrons. The van der Waals surface area contributed by atoms with Crippen LogP contribution in [0.5, 0.6) is 0 Å². The first-order valence-electron chi connectivity index (χ1n) is 6.98. The molecule has 0 bridgehead atoms. The summed E-state index contributed by atoms with van der Waals surface area (Å²) in [6.07, 6.45) is 1.29. The Bertz CT molecular complexity index is 323. The van der Waals surface area contributed by atoms with Crippen molar-refractivity contribution in [3.63, 3.8) is 0 Å². The van der Waals surface area contributed by atoms with Crippen molar-refractivity contribution in [1.29, 1.82) is 0 Å². The quantitative estimate of drug-likeness (QED) is 0.780. The molecule has 1 atom stereocenters. The molecule has 1 aliphatic rings. The molecule has 1 heterocycles. The van der Waals surface area contributed by atoms with E-state index >= 15 is 0 Å². The molecule has 2 amide bonds. The van der Waals surface area contributed by atoms with Crippen LogP contribution in [0.3, 0.4) is 0 Å². The van der Waals surface area contributed by atoms with E-state index < -0.39 is 0 Å². The minimum Gasteiger partial charge on any atom is -0.375 e. The topological polar surface area (TPSA) is 58.6 Å². The van der Waals surface area contributed by atoms with Gasteiger partial charge >= 0.3 is 0 Å². The van der Waals surface area contributed by atoms with E-state index in [1.54, 1.807) is 0 Å². The molecule has 0 radical (unpaired) electrons. The highest BCUT2D eigenvalue weighted by atomic mass is 16.5. The summed E-state index contributed by atoms with van der Waals surface area (Å²) in [5, 5.41) is 2.86. The fourth-order valence-corrected chi connectivity index (χ4v) is 1.91. The average molecular weight is 270 g/mol. The van der Waals surface area contributed by atoms with Gasteiger partial charge < -0.3 is 15.0 Å². The first kappa shape index (κ1) is 16.0. The maximum absolute atomic E-state index is 11.9. The molecule has 0 spiro atoms. The molecular formula is C14H26N2O3. The van der Waals surface area contributed by atoms with E-state index in [0.29, 0.717) is 39.1 Å². The van der Waals surface area contributed by atoms with Gasteiger partial charge in [-0.25, -0.2) is 0 Å². The van der Waals surface area contributed by atoms with E-state index in [9.17, 15) is 9.59 Å². The van der Waals surface area contributed by atoms with Gasteiger partial charge in [0.1, 0.15) is 0 Å². The van der Waals surface area contributed by atoms with Crippen molar-refractivity contribution in [2.75, 3.05) is 26.2 Å². The Labute approximate surface area is 115 Å². The molecular weight excluding hydrogens is 244 g/mol. The Morgan fingerprint density at radius 3 is 2.63 bits per heavy atom. The third kappa shape index (κ3) is 5.59. The summed E-state index contributed by atoms with van der Waals surface area (Å²) in [6.45, 7) is 10.1. The fraction of sp³-hybridized carbons (Fsp3) is 0.857. The lowest BCUT2D eigenvalue weighted by Gasteiger charge is -2.31. The van der Waals surface area contributed by atoms with Gasteiger partial charge in [-0.15, -0.1) is 0 Å². The Hall–Kier alpha value is -1.10. The Kier molecular flexibility index (Phi) is 5.79. The predicted octanol–water partition coefficient (Wildman–Crippen LogP) is 1.18. The van der Waals surface area contributed by atoms with Gasteiger partial charge in [-0.1, -0.05) is 20.8 Å². The highest BCUT2D eigenvalue weighted by Crippen LogP contribution is 2.12. The monoisotopic (exact) mass is 270 g/mol. The van der Waals surface area contributed by atoms with Gasteiger partial charge in [0.15, 0.2) is 0 Å². The van der Waals surface area contributed by atoms with Crippen molar-refractivity contribution in [3.05, 3.63) is 0 Å². The molecule has 0 aromatic rings. The molecule has 1 fully saturated rings. The second-order valence-corrected chi connectivity index (χ2v) is 6.13. The Morgan fingerprint density at radius 1 is 1.37 bits per heavy atom.